The van der Waals surface area contributed by atoms with Crippen LogP contribution in [0.1, 0.15) is 30.5 Å². The molecule has 3 nitrogen and oxygen atoms in total. The summed E-state index contributed by atoms with van der Waals surface area (Å²) in [5.41, 5.74) is 3.30. The van der Waals surface area contributed by atoms with Crippen molar-refractivity contribution in [1.29, 1.82) is 0 Å². The maximum atomic E-state index is 11.4. The van der Waals surface area contributed by atoms with Gasteiger partial charge in [-0.05, 0) is 42.7 Å². The number of rotatable bonds is 6. The van der Waals surface area contributed by atoms with E-state index in [4.69, 9.17) is 9.47 Å². The molecule has 0 N–H and O–H groups in total. The van der Waals surface area contributed by atoms with Crippen molar-refractivity contribution in [2.24, 2.45) is 0 Å². The lowest BCUT2D eigenvalue weighted by molar-refractivity contribution is -0.109. The number of thioether (sulfide) groups is 1. The first-order valence-corrected chi connectivity index (χ1v) is 8.43. The molecular formula is C19H22O3S. The standard InChI is InChI=1S/C19H22O3S/c1-5-15-9-10-17(13(2)11-15)22-12-16-18(21-4)7-6-8-19(16)23-14(3)20/h6-11H,5,12H2,1-4H3. The van der Waals surface area contributed by atoms with Crippen LogP contribution >= 0.6 is 11.8 Å². The van der Waals surface area contributed by atoms with Crippen molar-refractivity contribution >= 4 is 16.9 Å². The van der Waals surface area contributed by atoms with E-state index in [-0.39, 0.29) is 5.12 Å². The summed E-state index contributed by atoms with van der Waals surface area (Å²) in [5, 5.41) is 0.0444. The van der Waals surface area contributed by atoms with E-state index >= 15 is 0 Å². The minimum Gasteiger partial charge on any atom is -0.496 e. The molecule has 2 aromatic rings. The summed E-state index contributed by atoms with van der Waals surface area (Å²) in [4.78, 5) is 12.3. The van der Waals surface area contributed by atoms with Crippen molar-refractivity contribution in [2.45, 2.75) is 38.7 Å². The molecule has 0 unspecified atom stereocenters. The zero-order chi connectivity index (χ0) is 16.8. The van der Waals surface area contributed by atoms with Crippen molar-refractivity contribution in [3.63, 3.8) is 0 Å². The van der Waals surface area contributed by atoms with Crippen LogP contribution in [0.5, 0.6) is 11.5 Å². The third kappa shape index (κ3) is 4.52. The highest BCUT2D eigenvalue weighted by Crippen LogP contribution is 2.32. The van der Waals surface area contributed by atoms with Crippen LogP contribution in [-0.4, -0.2) is 12.2 Å². The highest BCUT2D eigenvalue weighted by Gasteiger charge is 2.13. The maximum absolute atomic E-state index is 11.4. The summed E-state index contributed by atoms with van der Waals surface area (Å²) in [7, 11) is 1.63. The van der Waals surface area contributed by atoms with E-state index in [1.165, 1.54) is 17.3 Å². The molecule has 0 aromatic heterocycles. The summed E-state index contributed by atoms with van der Waals surface area (Å²) in [6.07, 6.45) is 1.01. The molecular weight excluding hydrogens is 308 g/mol. The SMILES string of the molecule is CCc1ccc(OCc2c(OC)cccc2SC(C)=O)c(C)c1. The monoisotopic (exact) mass is 330 g/mol. The molecule has 0 aliphatic carbocycles. The van der Waals surface area contributed by atoms with Crippen molar-refractivity contribution in [3.05, 3.63) is 53.1 Å². The minimum atomic E-state index is 0.0444. The highest BCUT2D eigenvalue weighted by atomic mass is 32.2. The third-order valence-electron chi connectivity index (χ3n) is 3.58. The first-order valence-electron chi connectivity index (χ1n) is 7.61. The van der Waals surface area contributed by atoms with Gasteiger partial charge in [0.2, 0.25) is 0 Å². The third-order valence-corrected chi connectivity index (χ3v) is 4.47. The van der Waals surface area contributed by atoms with Gasteiger partial charge < -0.3 is 9.47 Å². The van der Waals surface area contributed by atoms with E-state index < -0.39 is 0 Å². The van der Waals surface area contributed by atoms with Crippen molar-refractivity contribution in [3.8, 4) is 11.5 Å². The maximum Gasteiger partial charge on any atom is 0.190 e. The molecule has 0 spiro atoms. The summed E-state index contributed by atoms with van der Waals surface area (Å²) in [5.74, 6) is 1.59. The molecule has 0 bridgehead atoms. The Hall–Kier alpha value is -1.94. The molecule has 2 aromatic carbocycles. The fourth-order valence-electron chi connectivity index (χ4n) is 2.37. The number of hydrogen-bond donors (Lipinski definition) is 0. The number of ether oxygens (including phenoxy) is 2. The Morgan fingerprint density at radius 1 is 1.17 bits per heavy atom. The quantitative estimate of drug-likeness (QED) is 0.714. The lowest BCUT2D eigenvalue weighted by atomic mass is 10.1. The molecule has 122 valence electrons. The number of carbonyl (C=O) groups excluding carboxylic acids is 1. The molecule has 0 saturated heterocycles. The lowest BCUT2D eigenvalue weighted by Gasteiger charge is -2.15. The van der Waals surface area contributed by atoms with Gasteiger partial charge in [0.25, 0.3) is 0 Å². The molecule has 0 amide bonds. The van der Waals surface area contributed by atoms with Gasteiger partial charge in [-0.1, -0.05) is 36.9 Å². The van der Waals surface area contributed by atoms with E-state index in [2.05, 4.69) is 19.1 Å². The smallest absolute Gasteiger partial charge is 0.190 e. The second-order valence-electron chi connectivity index (χ2n) is 5.27. The highest BCUT2D eigenvalue weighted by molar-refractivity contribution is 8.13. The van der Waals surface area contributed by atoms with Crippen LogP contribution in [0.3, 0.4) is 0 Å². The largest absolute Gasteiger partial charge is 0.496 e. The second-order valence-corrected chi connectivity index (χ2v) is 6.49. The van der Waals surface area contributed by atoms with Crippen LogP contribution in [0.25, 0.3) is 0 Å². The van der Waals surface area contributed by atoms with Crippen molar-refractivity contribution in [2.75, 3.05) is 7.11 Å². The van der Waals surface area contributed by atoms with Crippen LogP contribution in [0.2, 0.25) is 0 Å². The van der Waals surface area contributed by atoms with Crippen LogP contribution in [0, 0.1) is 6.92 Å². The van der Waals surface area contributed by atoms with Crippen molar-refractivity contribution < 1.29 is 14.3 Å². The number of carbonyl (C=O) groups is 1. The molecule has 0 aliphatic rings. The van der Waals surface area contributed by atoms with E-state index in [0.717, 1.165) is 33.9 Å². The minimum absolute atomic E-state index is 0.0444. The van der Waals surface area contributed by atoms with Gasteiger partial charge in [0.05, 0.1) is 7.11 Å². The van der Waals surface area contributed by atoms with Gasteiger partial charge in [0, 0.05) is 17.4 Å². The summed E-state index contributed by atoms with van der Waals surface area (Å²) >= 11 is 1.20. The van der Waals surface area contributed by atoms with Gasteiger partial charge in [-0.3, -0.25) is 4.79 Å². The Morgan fingerprint density at radius 2 is 1.96 bits per heavy atom. The predicted octanol–water partition coefficient (Wildman–Crippen LogP) is 4.78. The van der Waals surface area contributed by atoms with Crippen LogP contribution in [0.15, 0.2) is 41.3 Å². The zero-order valence-corrected chi connectivity index (χ0v) is 14.8. The lowest BCUT2D eigenvalue weighted by Crippen LogP contribution is -2.02. The first-order chi connectivity index (χ1) is 11.0. The fraction of sp³-hybridized carbons (Fsp3) is 0.316. The van der Waals surface area contributed by atoms with Gasteiger partial charge in [-0.25, -0.2) is 0 Å². The molecule has 0 saturated carbocycles. The van der Waals surface area contributed by atoms with Crippen LogP contribution in [0.4, 0.5) is 0 Å². The summed E-state index contributed by atoms with van der Waals surface area (Å²) in [6, 6.07) is 11.9. The van der Waals surface area contributed by atoms with Gasteiger partial charge in [-0.2, -0.15) is 0 Å². The Bertz CT molecular complexity index is 695. The average Bonchev–Trinajstić information content (AvgIpc) is 2.53. The first kappa shape index (κ1) is 17.4. The second kappa shape index (κ2) is 8.06. The van der Waals surface area contributed by atoms with Crippen LogP contribution < -0.4 is 9.47 Å². The molecule has 4 heteroatoms. The van der Waals surface area contributed by atoms with E-state index in [1.54, 1.807) is 14.0 Å². The Labute approximate surface area is 142 Å². The number of benzene rings is 2. The molecule has 0 heterocycles. The fourth-order valence-corrected chi connectivity index (χ4v) is 3.11. The van der Waals surface area contributed by atoms with Gasteiger partial charge >= 0.3 is 0 Å². The Balaban J connectivity index is 2.24. The Morgan fingerprint density at radius 3 is 2.57 bits per heavy atom. The van der Waals surface area contributed by atoms with E-state index in [1.807, 2.05) is 31.2 Å². The number of aryl methyl sites for hydroxylation is 2. The molecule has 0 radical (unpaired) electrons. The number of hydrogen-bond acceptors (Lipinski definition) is 4. The normalized spacial score (nSPS) is 10.4. The summed E-state index contributed by atoms with van der Waals surface area (Å²) < 4.78 is 11.4. The topological polar surface area (TPSA) is 35.5 Å². The molecule has 23 heavy (non-hydrogen) atoms. The predicted molar refractivity (Wildman–Crippen MR) is 94.4 cm³/mol. The van der Waals surface area contributed by atoms with Gasteiger partial charge in [0.15, 0.2) is 5.12 Å². The molecule has 0 atom stereocenters. The average molecular weight is 330 g/mol. The zero-order valence-electron chi connectivity index (χ0n) is 14.0. The Kier molecular flexibility index (Phi) is 6.11. The van der Waals surface area contributed by atoms with E-state index in [0.29, 0.717) is 6.61 Å². The molecule has 2 rings (SSSR count). The van der Waals surface area contributed by atoms with Gasteiger partial charge in [-0.15, -0.1) is 0 Å². The molecule has 0 aliphatic heterocycles. The van der Waals surface area contributed by atoms with Gasteiger partial charge in [0.1, 0.15) is 18.1 Å². The van der Waals surface area contributed by atoms with E-state index in [9.17, 15) is 4.79 Å². The number of methoxy groups -OCH3 is 1. The summed E-state index contributed by atoms with van der Waals surface area (Å²) in [6.45, 7) is 6.10. The molecule has 0 fully saturated rings. The van der Waals surface area contributed by atoms with Crippen LogP contribution in [-0.2, 0) is 17.8 Å². The van der Waals surface area contributed by atoms with Crippen molar-refractivity contribution in [1.82, 2.24) is 0 Å².